The third-order valence-electron chi connectivity index (χ3n) is 7.11. The van der Waals surface area contributed by atoms with Gasteiger partial charge in [0, 0.05) is 12.1 Å². The molecule has 0 aromatic heterocycles. The van der Waals surface area contributed by atoms with Gasteiger partial charge in [-0.2, -0.15) is 11.8 Å². The van der Waals surface area contributed by atoms with Crippen LogP contribution in [0.5, 0.6) is 5.75 Å². The Morgan fingerprint density at radius 3 is 2.17 bits per heavy atom. The van der Waals surface area contributed by atoms with E-state index < -0.39 is 17.9 Å². The standard InChI is InChI=1S/C27H40N2O5S/c1-33-24-16-10-9-15-22(24)26(31)28-23(17-18-35-2)27(32)34-19-25(30)29(20-11-5-3-6-12-20)21-13-7-4-8-14-21/h9-10,15-16,20-21,23H,3-8,11-14,17-19H2,1-2H3,(H,28,31)/t23-/m0/s1. The van der Waals surface area contributed by atoms with Gasteiger partial charge in [0.2, 0.25) is 0 Å². The summed E-state index contributed by atoms with van der Waals surface area (Å²) in [4.78, 5) is 41.3. The fourth-order valence-corrected chi connectivity index (χ4v) is 5.76. The highest BCUT2D eigenvalue weighted by molar-refractivity contribution is 7.98. The van der Waals surface area contributed by atoms with Crippen LogP contribution in [0.1, 0.15) is 81.0 Å². The zero-order valence-electron chi connectivity index (χ0n) is 21.1. The molecule has 0 unspecified atom stereocenters. The second-order valence-electron chi connectivity index (χ2n) is 9.50. The molecule has 2 aliphatic carbocycles. The van der Waals surface area contributed by atoms with Crippen LogP contribution in [-0.4, -0.2) is 66.5 Å². The van der Waals surface area contributed by atoms with Gasteiger partial charge in [0.25, 0.3) is 11.8 Å². The molecule has 0 aliphatic heterocycles. The van der Waals surface area contributed by atoms with Crippen LogP contribution >= 0.6 is 11.8 Å². The molecule has 0 heterocycles. The first-order chi connectivity index (χ1) is 17.0. The Kier molecular flexibility index (Phi) is 11.2. The number of amides is 2. The number of para-hydroxylation sites is 1. The number of methoxy groups -OCH3 is 1. The number of hydrogen-bond acceptors (Lipinski definition) is 6. The van der Waals surface area contributed by atoms with Gasteiger partial charge in [0.15, 0.2) is 6.61 Å². The number of benzene rings is 1. The maximum atomic E-state index is 13.4. The first-order valence-corrected chi connectivity index (χ1v) is 14.3. The van der Waals surface area contributed by atoms with E-state index in [1.165, 1.54) is 20.0 Å². The molecule has 0 radical (unpaired) electrons. The number of thioether (sulfide) groups is 1. The van der Waals surface area contributed by atoms with Gasteiger partial charge >= 0.3 is 5.97 Å². The van der Waals surface area contributed by atoms with Crippen LogP contribution in [0.25, 0.3) is 0 Å². The summed E-state index contributed by atoms with van der Waals surface area (Å²) in [7, 11) is 1.50. The molecule has 3 rings (SSSR count). The zero-order valence-corrected chi connectivity index (χ0v) is 21.9. The average molecular weight is 505 g/mol. The van der Waals surface area contributed by atoms with Crippen molar-refractivity contribution in [3.63, 3.8) is 0 Å². The third kappa shape index (κ3) is 7.89. The molecule has 0 bridgehead atoms. The van der Waals surface area contributed by atoms with Crippen LogP contribution in [0.4, 0.5) is 0 Å². The van der Waals surface area contributed by atoms with Gasteiger partial charge in [-0.3, -0.25) is 9.59 Å². The molecule has 1 atom stereocenters. The van der Waals surface area contributed by atoms with Crippen LogP contribution in [0.3, 0.4) is 0 Å². The fourth-order valence-electron chi connectivity index (χ4n) is 5.28. The van der Waals surface area contributed by atoms with E-state index in [9.17, 15) is 14.4 Å². The molecule has 1 N–H and O–H groups in total. The lowest BCUT2D eigenvalue weighted by Gasteiger charge is -2.41. The Morgan fingerprint density at radius 1 is 1.00 bits per heavy atom. The lowest BCUT2D eigenvalue weighted by molar-refractivity contribution is -0.156. The minimum atomic E-state index is -0.828. The molecular formula is C27H40N2O5S. The molecule has 2 fully saturated rings. The average Bonchev–Trinajstić information content (AvgIpc) is 2.90. The van der Waals surface area contributed by atoms with E-state index in [-0.39, 0.29) is 24.6 Å². The van der Waals surface area contributed by atoms with Crippen LogP contribution < -0.4 is 10.1 Å². The van der Waals surface area contributed by atoms with Crippen LogP contribution in [0, 0.1) is 0 Å². The minimum absolute atomic E-state index is 0.100. The number of carbonyl (C=O) groups is 3. The second kappa shape index (κ2) is 14.4. The number of rotatable bonds is 11. The monoisotopic (exact) mass is 504 g/mol. The molecule has 35 heavy (non-hydrogen) atoms. The largest absolute Gasteiger partial charge is 0.496 e. The van der Waals surface area contributed by atoms with E-state index in [0.717, 1.165) is 51.4 Å². The summed E-state index contributed by atoms with van der Waals surface area (Å²) in [5, 5.41) is 2.79. The molecule has 2 saturated carbocycles. The summed E-state index contributed by atoms with van der Waals surface area (Å²) in [6.45, 7) is -0.272. The number of ether oxygens (including phenoxy) is 2. The van der Waals surface area contributed by atoms with E-state index in [4.69, 9.17) is 9.47 Å². The number of hydrogen-bond donors (Lipinski definition) is 1. The van der Waals surface area contributed by atoms with E-state index in [1.807, 2.05) is 6.26 Å². The molecule has 1 aromatic carbocycles. The van der Waals surface area contributed by atoms with Crippen molar-refractivity contribution in [3.8, 4) is 5.75 Å². The van der Waals surface area contributed by atoms with Crippen molar-refractivity contribution in [2.75, 3.05) is 25.7 Å². The van der Waals surface area contributed by atoms with Crippen molar-refractivity contribution in [1.29, 1.82) is 0 Å². The molecule has 0 spiro atoms. The van der Waals surface area contributed by atoms with Gasteiger partial charge in [-0.1, -0.05) is 50.7 Å². The molecule has 2 amide bonds. The fraction of sp³-hybridized carbons (Fsp3) is 0.667. The second-order valence-corrected chi connectivity index (χ2v) is 10.5. The van der Waals surface area contributed by atoms with Crippen LogP contribution in [0.15, 0.2) is 24.3 Å². The highest BCUT2D eigenvalue weighted by atomic mass is 32.2. The van der Waals surface area contributed by atoms with Crippen LogP contribution in [-0.2, 0) is 14.3 Å². The summed E-state index contributed by atoms with van der Waals surface area (Å²) in [5.74, 6) is 0.0475. The topological polar surface area (TPSA) is 84.9 Å². The molecular weight excluding hydrogens is 464 g/mol. The molecule has 1 aromatic rings. The van der Waals surface area contributed by atoms with E-state index in [1.54, 1.807) is 36.0 Å². The molecule has 2 aliphatic rings. The summed E-state index contributed by atoms with van der Waals surface area (Å²) < 4.78 is 10.8. The quantitative estimate of drug-likeness (QED) is 0.444. The molecule has 7 nitrogen and oxygen atoms in total. The summed E-state index contributed by atoms with van der Waals surface area (Å²) >= 11 is 1.59. The Bertz CT molecular complexity index is 819. The first-order valence-electron chi connectivity index (χ1n) is 13.0. The van der Waals surface area contributed by atoms with Gasteiger partial charge in [0.1, 0.15) is 11.8 Å². The maximum absolute atomic E-state index is 13.4. The van der Waals surface area contributed by atoms with Crippen molar-refractivity contribution in [2.24, 2.45) is 0 Å². The maximum Gasteiger partial charge on any atom is 0.329 e. The summed E-state index contributed by atoms with van der Waals surface area (Å²) in [5.41, 5.74) is 0.355. The number of nitrogens with one attached hydrogen (secondary N) is 1. The van der Waals surface area contributed by atoms with Gasteiger partial charge < -0.3 is 19.7 Å². The zero-order chi connectivity index (χ0) is 25.0. The molecule has 8 heteroatoms. The smallest absolute Gasteiger partial charge is 0.329 e. The first kappa shape index (κ1) is 27.4. The van der Waals surface area contributed by atoms with Crippen molar-refractivity contribution in [1.82, 2.24) is 10.2 Å². The summed E-state index contributed by atoms with van der Waals surface area (Å²) in [6, 6.07) is 6.55. The Morgan fingerprint density at radius 2 is 1.60 bits per heavy atom. The normalized spacial score (nSPS) is 17.9. The highest BCUT2D eigenvalue weighted by Crippen LogP contribution is 2.30. The van der Waals surface area contributed by atoms with E-state index >= 15 is 0 Å². The number of esters is 1. The predicted molar refractivity (Wildman–Crippen MR) is 139 cm³/mol. The SMILES string of the molecule is COc1ccccc1C(=O)N[C@@H](CCSC)C(=O)OCC(=O)N(C1CCCCC1)C1CCCCC1. The minimum Gasteiger partial charge on any atom is -0.496 e. The highest BCUT2D eigenvalue weighted by Gasteiger charge is 2.33. The van der Waals surface area contributed by atoms with E-state index in [2.05, 4.69) is 10.2 Å². The van der Waals surface area contributed by atoms with Crippen molar-refractivity contribution >= 4 is 29.5 Å². The van der Waals surface area contributed by atoms with Gasteiger partial charge in [-0.15, -0.1) is 0 Å². The predicted octanol–water partition coefficient (Wildman–Crippen LogP) is 4.58. The van der Waals surface area contributed by atoms with E-state index in [0.29, 0.717) is 23.5 Å². The molecule has 0 saturated heterocycles. The Balaban J connectivity index is 1.64. The van der Waals surface area contributed by atoms with Gasteiger partial charge in [0.05, 0.1) is 12.7 Å². The van der Waals surface area contributed by atoms with Gasteiger partial charge in [-0.05, 0) is 56.2 Å². The van der Waals surface area contributed by atoms with Crippen molar-refractivity contribution < 1.29 is 23.9 Å². The number of nitrogens with zero attached hydrogens (tertiary/aromatic N) is 1. The number of carbonyl (C=O) groups excluding carboxylic acids is 3. The van der Waals surface area contributed by atoms with Crippen molar-refractivity contribution in [2.45, 2.75) is 88.8 Å². The van der Waals surface area contributed by atoms with Crippen LogP contribution in [0.2, 0.25) is 0 Å². The van der Waals surface area contributed by atoms with Crippen molar-refractivity contribution in [3.05, 3.63) is 29.8 Å². The third-order valence-corrected chi connectivity index (χ3v) is 7.76. The lowest BCUT2D eigenvalue weighted by atomic mass is 9.88. The Labute approximate surface area is 213 Å². The lowest BCUT2D eigenvalue weighted by Crippen LogP contribution is -2.51. The molecule has 194 valence electrons. The van der Waals surface area contributed by atoms with Gasteiger partial charge in [-0.25, -0.2) is 4.79 Å². The summed E-state index contributed by atoms with van der Waals surface area (Å²) in [6.07, 6.45) is 13.5. The Hall–Kier alpha value is -2.22.